The molecule has 2 aliphatic rings. The van der Waals surface area contributed by atoms with Gasteiger partial charge in [-0.05, 0) is 62.4 Å². The quantitative estimate of drug-likeness (QED) is 0.576. The number of hydrogen-bond donors (Lipinski definition) is 1. The first-order valence-electron chi connectivity index (χ1n) is 10.4. The van der Waals surface area contributed by atoms with Gasteiger partial charge in [-0.15, -0.1) is 5.10 Å². The van der Waals surface area contributed by atoms with Gasteiger partial charge in [0.1, 0.15) is 11.4 Å². The molecule has 2 unspecified atom stereocenters. The van der Waals surface area contributed by atoms with Crippen molar-refractivity contribution in [1.29, 1.82) is 0 Å². The lowest BCUT2D eigenvalue weighted by Gasteiger charge is -2.36. The molecule has 2 saturated heterocycles. The number of benzene rings is 2. The standard InChI is InChI=1S/C23H24N6/c1-28-18-10-11-19(28)13-16(12-18)15-6-8-17(9-7-15)29-14-22(25-27-29)23-20-4-2-3-5-21(20)24-26-23/h2-9,14,16,18-19H,10-13H2,1H3,(H,24,26)/t16?,18-,19?/m0/s1. The number of hydrogen-bond acceptors (Lipinski definition) is 4. The average Bonchev–Trinajstić information content (AvgIpc) is 3.44. The van der Waals surface area contributed by atoms with Gasteiger partial charge in [0, 0.05) is 17.5 Å². The molecular weight excluding hydrogens is 360 g/mol. The fourth-order valence-electron chi connectivity index (χ4n) is 5.24. The van der Waals surface area contributed by atoms with Gasteiger partial charge in [-0.1, -0.05) is 35.5 Å². The Balaban J connectivity index is 1.25. The van der Waals surface area contributed by atoms with E-state index in [1.165, 1.54) is 31.2 Å². The molecule has 0 radical (unpaired) electrons. The molecule has 2 fully saturated rings. The fourth-order valence-corrected chi connectivity index (χ4v) is 5.24. The van der Waals surface area contributed by atoms with Gasteiger partial charge in [0.05, 0.1) is 17.4 Å². The summed E-state index contributed by atoms with van der Waals surface area (Å²) in [7, 11) is 2.30. The zero-order valence-corrected chi connectivity index (χ0v) is 16.5. The smallest absolute Gasteiger partial charge is 0.134 e. The molecule has 2 aromatic carbocycles. The van der Waals surface area contributed by atoms with Crippen molar-refractivity contribution in [3.05, 3.63) is 60.3 Å². The summed E-state index contributed by atoms with van der Waals surface area (Å²) < 4.78 is 1.83. The number of piperidine rings is 1. The van der Waals surface area contributed by atoms with E-state index < -0.39 is 0 Å². The Morgan fingerprint density at radius 1 is 0.966 bits per heavy atom. The maximum Gasteiger partial charge on any atom is 0.134 e. The molecule has 6 rings (SSSR count). The summed E-state index contributed by atoms with van der Waals surface area (Å²) >= 11 is 0. The number of nitrogens with one attached hydrogen (secondary N) is 1. The molecule has 2 bridgehead atoms. The number of fused-ring (bicyclic) bond motifs is 3. The highest BCUT2D eigenvalue weighted by molar-refractivity contribution is 5.91. The van der Waals surface area contributed by atoms with Crippen molar-refractivity contribution in [3.8, 4) is 17.1 Å². The van der Waals surface area contributed by atoms with Crippen molar-refractivity contribution in [3.63, 3.8) is 0 Å². The van der Waals surface area contributed by atoms with Crippen LogP contribution in [0.4, 0.5) is 0 Å². The van der Waals surface area contributed by atoms with Gasteiger partial charge >= 0.3 is 0 Å². The van der Waals surface area contributed by atoms with Crippen LogP contribution in [0.25, 0.3) is 28.0 Å². The van der Waals surface area contributed by atoms with Gasteiger partial charge in [-0.25, -0.2) is 4.68 Å². The first-order valence-corrected chi connectivity index (χ1v) is 10.4. The van der Waals surface area contributed by atoms with E-state index in [0.717, 1.165) is 40.1 Å². The van der Waals surface area contributed by atoms with Gasteiger partial charge in [0.2, 0.25) is 0 Å². The van der Waals surface area contributed by atoms with Crippen LogP contribution >= 0.6 is 0 Å². The summed E-state index contributed by atoms with van der Waals surface area (Å²) in [5.74, 6) is 0.680. The predicted molar refractivity (Wildman–Crippen MR) is 113 cm³/mol. The first-order chi connectivity index (χ1) is 14.3. The van der Waals surface area contributed by atoms with Crippen LogP contribution in [0.5, 0.6) is 0 Å². The minimum Gasteiger partial charge on any atom is -0.300 e. The third kappa shape index (κ3) is 2.78. The highest BCUT2D eigenvalue weighted by Crippen LogP contribution is 2.42. The second-order valence-corrected chi connectivity index (χ2v) is 8.48. The van der Waals surface area contributed by atoms with Gasteiger partial charge < -0.3 is 4.90 Å². The molecule has 29 heavy (non-hydrogen) atoms. The van der Waals surface area contributed by atoms with Crippen molar-refractivity contribution in [2.75, 3.05) is 7.05 Å². The Morgan fingerprint density at radius 3 is 2.52 bits per heavy atom. The summed E-state index contributed by atoms with van der Waals surface area (Å²) in [5, 5.41) is 17.3. The third-order valence-electron chi connectivity index (χ3n) is 6.93. The lowest BCUT2D eigenvalue weighted by atomic mass is 9.85. The molecular formula is C23H24N6. The van der Waals surface area contributed by atoms with E-state index in [0.29, 0.717) is 5.92 Å². The third-order valence-corrected chi connectivity index (χ3v) is 6.93. The Bertz CT molecular complexity index is 1140. The van der Waals surface area contributed by atoms with E-state index in [1.807, 2.05) is 29.1 Å². The number of aromatic amines is 1. The summed E-state index contributed by atoms with van der Waals surface area (Å²) in [6.45, 7) is 0. The van der Waals surface area contributed by atoms with Gasteiger partial charge in [0.15, 0.2) is 0 Å². The molecule has 4 aromatic rings. The van der Waals surface area contributed by atoms with E-state index in [9.17, 15) is 0 Å². The lowest BCUT2D eigenvalue weighted by Crippen LogP contribution is -2.39. The normalized spacial score (nSPS) is 24.4. The molecule has 2 aromatic heterocycles. The van der Waals surface area contributed by atoms with Crippen LogP contribution in [0.2, 0.25) is 0 Å². The molecule has 0 aliphatic carbocycles. The molecule has 0 amide bonds. The zero-order valence-electron chi connectivity index (χ0n) is 16.5. The molecule has 1 N–H and O–H groups in total. The molecule has 0 spiro atoms. The van der Waals surface area contributed by atoms with Gasteiger partial charge in [-0.3, -0.25) is 5.10 Å². The van der Waals surface area contributed by atoms with Crippen LogP contribution in [-0.2, 0) is 0 Å². The van der Waals surface area contributed by atoms with E-state index in [4.69, 9.17) is 0 Å². The Labute approximate surface area is 169 Å². The molecule has 4 heterocycles. The molecule has 2 aliphatic heterocycles. The molecule has 3 atom stereocenters. The lowest BCUT2D eigenvalue weighted by molar-refractivity contribution is 0.161. The van der Waals surface area contributed by atoms with Crippen molar-refractivity contribution in [2.24, 2.45) is 0 Å². The Hall–Kier alpha value is -2.99. The number of rotatable bonds is 3. The second kappa shape index (κ2) is 6.52. The summed E-state index contributed by atoms with van der Waals surface area (Å²) in [5.41, 5.74) is 5.11. The SMILES string of the molecule is CN1C2CC[C@H]1CC(c1ccc(-n3cc(-c4n[nH]c5ccccc45)nn3)cc1)C2. The monoisotopic (exact) mass is 384 g/mol. The molecule has 6 heteroatoms. The largest absolute Gasteiger partial charge is 0.300 e. The van der Waals surface area contributed by atoms with Gasteiger partial charge in [-0.2, -0.15) is 5.10 Å². The van der Waals surface area contributed by atoms with Crippen LogP contribution in [0.3, 0.4) is 0 Å². The number of H-pyrrole nitrogens is 1. The molecule has 6 nitrogen and oxygen atoms in total. The van der Waals surface area contributed by atoms with Crippen molar-refractivity contribution < 1.29 is 0 Å². The van der Waals surface area contributed by atoms with Crippen molar-refractivity contribution in [1.82, 2.24) is 30.1 Å². The number of para-hydroxylation sites is 1. The van der Waals surface area contributed by atoms with Gasteiger partial charge in [0.25, 0.3) is 0 Å². The highest BCUT2D eigenvalue weighted by atomic mass is 15.4. The highest BCUT2D eigenvalue weighted by Gasteiger charge is 2.38. The number of nitrogens with zero attached hydrogens (tertiary/aromatic N) is 5. The maximum atomic E-state index is 4.43. The van der Waals surface area contributed by atoms with E-state index in [1.54, 1.807) is 0 Å². The van der Waals surface area contributed by atoms with Crippen LogP contribution in [0.1, 0.15) is 37.2 Å². The minimum atomic E-state index is 0.680. The van der Waals surface area contributed by atoms with E-state index in [-0.39, 0.29) is 0 Å². The van der Waals surface area contributed by atoms with E-state index in [2.05, 4.69) is 62.8 Å². The molecule has 146 valence electrons. The minimum absolute atomic E-state index is 0.680. The van der Waals surface area contributed by atoms with Crippen molar-refractivity contribution in [2.45, 2.75) is 43.7 Å². The number of aromatic nitrogens is 5. The Morgan fingerprint density at radius 2 is 1.72 bits per heavy atom. The van der Waals surface area contributed by atoms with Crippen LogP contribution in [0.15, 0.2) is 54.7 Å². The summed E-state index contributed by atoms with van der Waals surface area (Å²) in [6, 6.07) is 18.5. The van der Waals surface area contributed by atoms with Crippen LogP contribution in [-0.4, -0.2) is 49.2 Å². The topological polar surface area (TPSA) is 62.6 Å². The maximum absolute atomic E-state index is 4.43. The summed E-state index contributed by atoms with van der Waals surface area (Å²) in [4.78, 5) is 2.60. The van der Waals surface area contributed by atoms with Crippen LogP contribution < -0.4 is 0 Å². The average molecular weight is 384 g/mol. The van der Waals surface area contributed by atoms with Crippen LogP contribution in [0, 0.1) is 0 Å². The summed E-state index contributed by atoms with van der Waals surface area (Å²) in [6.07, 6.45) is 7.24. The Kier molecular flexibility index (Phi) is 3.81. The first kappa shape index (κ1) is 16.9. The zero-order chi connectivity index (χ0) is 19.4. The predicted octanol–water partition coefficient (Wildman–Crippen LogP) is 4.15. The second-order valence-electron chi connectivity index (χ2n) is 8.48. The van der Waals surface area contributed by atoms with E-state index >= 15 is 0 Å². The molecule has 0 saturated carbocycles. The van der Waals surface area contributed by atoms with Crippen molar-refractivity contribution >= 4 is 10.9 Å². The fraction of sp³-hybridized carbons (Fsp3) is 0.348.